The highest BCUT2D eigenvalue weighted by Crippen LogP contribution is 2.18. The topological polar surface area (TPSA) is 118 Å². The van der Waals surface area contributed by atoms with Crippen molar-refractivity contribution < 1.29 is 0 Å². The molecule has 0 radical (unpaired) electrons. The van der Waals surface area contributed by atoms with Crippen molar-refractivity contribution in [2.45, 2.75) is 131 Å². The Bertz CT molecular complexity index is 1810. The Morgan fingerprint density at radius 3 is 1.47 bits per heavy atom. The fraction of sp³-hybridized carbons (Fsp3) is 0.457. The van der Waals surface area contributed by atoms with Crippen molar-refractivity contribution in [3.8, 4) is 6.07 Å². The maximum Gasteiger partial charge on any atom is 0.234 e. The first-order chi connectivity index (χ1) is 26.4. The molecule has 0 aliphatic carbocycles. The molecule has 3 N–H and O–H groups in total. The number of aromatic nitrogens is 6. The summed E-state index contributed by atoms with van der Waals surface area (Å²) >= 11 is 0. The summed E-state index contributed by atoms with van der Waals surface area (Å²) in [5.41, 5.74) is 12.1. The van der Waals surface area contributed by atoms with Gasteiger partial charge in [-0.2, -0.15) is 20.6 Å². The first-order valence-electron chi connectivity index (χ1n) is 19.7. The van der Waals surface area contributed by atoms with Gasteiger partial charge in [0.2, 0.25) is 6.54 Å². The van der Waals surface area contributed by atoms with Gasteiger partial charge in [-0.1, -0.05) is 152 Å². The third-order valence-electron chi connectivity index (χ3n) is 6.43. The third kappa shape index (κ3) is 21.9. The summed E-state index contributed by atoms with van der Waals surface area (Å²) in [6.45, 7) is 42.7. The minimum absolute atomic E-state index is 0. The normalized spacial score (nSPS) is 8.25. The quantitative estimate of drug-likeness (QED) is 0.134. The highest BCUT2D eigenvalue weighted by Gasteiger charge is 2.06. The fourth-order valence-corrected chi connectivity index (χ4v) is 4.41. The second-order valence-electron chi connectivity index (χ2n) is 9.37. The zero-order chi connectivity index (χ0) is 42.3. The standard InChI is InChI=1S/C11H11N3.C11H15N3.C8H8N2.C3H3N.6C2H6.CH4/c1-9-10-5-3-4-6-11(10)14(13-9)8-7-12-2;1-9-10-5-2-3-6-11(10)14(13-9)8-4-7-12;1-6-7-4-2-3-5-8(7)10-9-6;1-2-3-4;6*1-2;/h3-6H,7-8H2,1H3;2-3,5-6H,4,7-8,12H2,1H3;2-5H,1H3,(H,9,10);2H,1H2;6*1-2H3;1H4. The summed E-state index contributed by atoms with van der Waals surface area (Å²) in [5.74, 6) is 0. The Labute approximate surface area is 336 Å². The van der Waals surface area contributed by atoms with Crippen LogP contribution in [0.25, 0.3) is 37.6 Å². The number of hydrogen-bond acceptors (Lipinski definition) is 5. The first kappa shape index (κ1) is 59.0. The molecular weight excluding hydrogens is 679 g/mol. The van der Waals surface area contributed by atoms with Gasteiger partial charge in [-0.05, 0) is 51.9 Å². The Kier molecular flexibility index (Phi) is 44.6. The van der Waals surface area contributed by atoms with Crippen molar-refractivity contribution >= 4 is 32.7 Å². The van der Waals surface area contributed by atoms with Gasteiger partial charge in [-0.15, -0.1) is 0 Å². The molecule has 3 aromatic carbocycles. The number of nitrogens with zero attached hydrogens (tertiary/aromatic N) is 7. The smallest absolute Gasteiger partial charge is 0.234 e. The number of aromatic amines is 1. The van der Waals surface area contributed by atoms with Gasteiger partial charge >= 0.3 is 0 Å². The molecule has 0 amide bonds. The number of nitriles is 1. The molecule has 55 heavy (non-hydrogen) atoms. The van der Waals surface area contributed by atoms with E-state index in [1.165, 1.54) is 27.8 Å². The largest absolute Gasteiger partial charge is 0.330 e. The number of para-hydroxylation sites is 3. The van der Waals surface area contributed by atoms with Crippen LogP contribution >= 0.6 is 0 Å². The number of allylic oxidation sites excluding steroid dienone is 1. The summed E-state index contributed by atoms with van der Waals surface area (Å²) in [5, 5.41) is 27.0. The van der Waals surface area contributed by atoms with Crippen molar-refractivity contribution in [2.75, 3.05) is 13.1 Å². The molecule has 9 nitrogen and oxygen atoms in total. The number of H-pyrrole nitrogens is 1. The van der Waals surface area contributed by atoms with Gasteiger partial charge in [0, 0.05) is 34.5 Å². The number of benzene rings is 3. The van der Waals surface area contributed by atoms with Crippen molar-refractivity contribution in [3.63, 3.8) is 0 Å². The lowest BCUT2D eigenvalue weighted by atomic mass is 10.2. The Morgan fingerprint density at radius 2 is 1.09 bits per heavy atom. The zero-order valence-corrected chi connectivity index (χ0v) is 36.5. The Morgan fingerprint density at radius 1 is 0.709 bits per heavy atom. The molecule has 0 aliphatic rings. The number of hydrogen-bond donors (Lipinski definition) is 2. The molecule has 306 valence electrons. The number of aryl methyl sites for hydroxylation is 4. The Balaban J connectivity index is -0.000000191. The van der Waals surface area contributed by atoms with Crippen LogP contribution in [0.2, 0.25) is 0 Å². The molecule has 0 spiro atoms. The third-order valence-corrected chi connectivity index (χ3v) is 6.43. The second kappa shape index (κ2) is 41.5. The maximum atomic E-state index is 7.51. The molecule has 0 unspecified atom stereocenters. The molecule has 3 aromatic heterocycles. The van der Waals surface area contributed by atoms with E-state index in [2.05, 4.69) is 56.1 Å². The van der Waals surface area contributed by atoms with Crippen molar-refractivity contribution in [3.05, 3.63) is 114 Å². The first-order valence-corrected chi connectivity index (χ1v) is 19.7. The summed E-state index contributed by atoms with van der Waals surface area (Å²) in [6, 6.07) is 26.2. The molecular formula is C46H77N9. The van der Waals surface area contributed by atoms with Gasteiger partial charge in [0.25, 0.3) is 0 Å². The minimum Gasteiger partial charge on any atom is -0.330 e. The lowest BCUT2D eigenvalue weighted by Gasteiger charge is -2.00. The van der Waals surface area contributed by atoms with E-state index in [1.807, 2.05) is 162 Å². The highest BCUT2D eigenvalue weighted by atomic mass is 15.3. The van der Waals surface area contributed by atoms with E-state index >= 15 is 0 Å². The maximum absolute atomic E-state index is 7.51. The van der Waals surface area contributed by atoms with E-state index in [4.69, 9.17) is 17.6 Å². The molecule has 0 fully saturated rings. The predicted octanol–water partition coefficient (Wildman–Crippen LogP) is 13.3. The van der Waals surface area contributed by atoms with Crippen molar-refractivity contribution in [1.29, 1.82) is 5.26 Å². The molecule has 9 heteroatoms. The van der Waals surface area contributed by atoms with Crippen LogP contribution < -0.4 is 5.73 Å². The van der Waals surface area contributed by atoms with Crippen LogP contribution in [0, 0.1) is 38.7 Å². The van der Waals surface area contributed by atoms with E-state index in [0.29, 0.717) is 19.6 Å². The van der Waals surface area contributed by atoms with Crippen LogP contribution in [0.5, 0.6) is 0 Å². The van der Waals surface area contributed by atoms with E-state index in [9.17, 15) is 0 Å². The van der Waals surface area contributed by atoms with Gasteiger partial charge in [-0.3, -0.25) is 14.5 Å². The summed E-state index contributed by atoms with van der Waals surface area (Å²) in [6.07, 6.45) is 2.16. The van der Waals surface area contributed by atoms with E-state index in [0.717, 1.165) is 41.1 Å². The van der Waals surface area contributed by atoms with Crippen LogP contribution in [0.15, 0.2) is 85.5 Å². The number of fused-ring (bicyclic) bond motifs is 3. The lowest BCUT2D eigenvalue weighted by Crippen LogP contribution is -2.06. The van der Waals surface area contributed by atoms with E-state index < -0.39 is 0 Å². The second-order valence-corrected chi connectivity index (χ2v) is 9.37. The molecule has 0 atom stereocenters. The average Bonchev–Trinajstić information content (AvgIpc) is 3.92. The molecule has 6 rings (SSSR count). The fourth-order valence-electron chi connectivity index (χ4n) is 4.41. The Hall–Kier alpha value is -5.25. The van der Waals surface area contributed by atoms with Gasteiger partial charge in [0.15, 0.2) is 0 Å². The van der Waals surface area contributed by atoms with Crippen LogP contribution in [0.1, 0.15) is 114 Å². The summed E-state index contributed by atoms with van der Waals surface area (Å²) < 4.78 is 3.94. The van der Waals surface area contributed by atoms with Crippen LogP contribution in [-0.2, 0) is 13.1 Å². The average molecular weight is 756 g/mol. The molecule has 0 aliphatic heterocycles. The molecule has 0 saturated carbocycles. The summed E-state index contributed by atoms with van der Waals surface area (Å²) in [7, 11) is 0. The number of rotatable bonds is 5. The number of nitrogens with one attached hydrogen (secondary N) is 1. The van der Waals surface area contributed by atoms with Crippen molar-refractivity contribution in [2.24, 2.45) is 5.73 Å². The zero-order valence-electron chi connectivity index (χ0n) is 36.5. The van der Waals surface area contributed by atoms with Gasteiger partial charge in [0.05, 0.1) is 34.0 Å². The molecule has 6 aromatic rings. The minimum atomic E-state index is 0. The summed E-state index contributed by atoms with van der Waals surface area (Å²) in [4.78, 5) is 3.34. The highest BCUT2D eigenvalue weighted by molar-refractivity contribution is 5.82. The van der Waals surface area contributed by atoms with Gasteiger partial charge in [-0.25, -0.2) is 6.57 Å². The van der Waals surface area contributed by atoms with Crippen molar-refractivity contribution in [1.82, 2.24) is 29.8 Å². The van der Waals surface area contributed by atoms with Crippen LogP contribution in [-0.4, -0.2) is 42.8 Å². The molecule has 0 saturated heterocycles. The predicted molar refractivity (Wildman–Crippen MR) is 246 cm³/mol. The van der Waals surface area contributed by atoms with E-state index in [-0.39, 0.29) is 7.43 Å². The van der Waals surface area contributed by atoms with Gasteiger partial charge in [0.1, 0.15) is 6.54 Å². The SMILES string of the molecule is C.C=CC#N.CC.CC.CC.CC.CC.CC.Cc1[nH]nc2ccccc12.Cc1nn(CCCN)c2ccccc12.[C-]#[N+]CCn1nc(C)c2ccccc21. The lowest BCUT2D eigenvalue weighted by molar-refractivity contribution is 0.598. The molecule has 3 heterocycles. The number of nitrogens with two attached hydrogens (primary N) is 1. The van der Waals surface area contributed by atoms with E-state index in [1.54, 1.807) is 6.07 Å². The monoisotopic (exact) mass is 756 g/mol. The van der Waals surface area contributed by atoms with Crippen LogP contribution in [0.3, 0.4) is 0 Å². The molecule has 0 bridgehead atoms. The van der Waals surface area contributed by atoms with Gasteiger partial charge < -0.3 is 10.6 Å². The van der Waals surface area contributed by atoms with Crippen LogP contribution in [0.4, 0.5) is 0 Å².